The minimum atomic E-state index is 0.691. The van der Waals surface area contributed by atoms with Crippen LogP contribution in [-0.4, -0.2) is 21.0 Å². The third kappa shape index (κ3) is 4.21. The molecule has 0 aliphatic carbocycles. The quantitative estimate of drug-likeness (QED) is 0.440. The Morgan fingerprint density at radius 2 is 1.81 bits per heavy atom. The Balaban J connectivity index is 1.32. The molecule has 3 aromatic carbocycles. The van der Waals surface area contributed by atoms with E-state index in [1.807, 2.05) is 36.8 Å². The molecule has 158 valence electrons. The summed E-state index contributed by atoms with van der Waals surface area (Å²) in [5.74, 6) is 0. The highest BCUT2D eigenvalue weighted by Gasteiger charge is 2.18. The number of imidazole rings is 1. The first-order valence-electron chi connectivity index (χ1n) is 11.1. The molecule has 5 rings (SSSR count). The summed E-state index contributed by atoms with van der Waals surface area (Å²) in [4.78, 5) is 6.92. The van der Waals surface area contributed by atoms with E-state index < -0.39 is 0 Å². The van der Waals surface area contributed by atoms with Gasteiger partial charge in [0.2, 0.25) is 0 Å². The van der Waals surface area contributed by atoms with E-state index >= 15 is 0 Å². The second-order valence-corrected chi connectivity index (χ2v) is 8.58. The van der Waals surface area contributed by atoms with Gasteiger partial charge in [0.1, 0.15) is 0 Å². The second kappa shape index (κ2) is 8.82. The van der Waals surface area contributed by atoms with Crippen LogP contribution < -0.4 is 0 Å². The van der Waals surface area contributed by atoms with Crippen molar-refractivity contribution in [2.75, 3.05) is 6.54 Å². The molecule has 1 aromatic heterocycles. The lowest BCUT2D eigenvalue weighted by Crippen LogP contribution is -2.30. The van der Waals surface area contributed by atoms with Gasteiger partial charge in [0.25, 0.3) is 0 Å². The monoisotopic (exact) mass is 418 g/mol. The fourth-order valence-electron chi connectivity index (χ4n) is 4.55. The van der Waals surface area contributed by atoms with Crippen LogP contribution in [0.4, 0.5) is 0 Å². The molecule has 0 spiro atoms. The molecule has 0 N–H and O–H groups in total. The summed E-state index contributed by atoms with van der Waals surface area (Å²) in [6, 6.07) is 25.5. The lowest BCUT2D eigenvalue weighted by Gasteiger charge is -2.29. The third-order valence-electron chi connectivity index (χ3n) is 6.37. The molecular formula is C28H26N4. The SMILES string of the molecule is Cc1ccccc1-c1ccc2c(c1)CN(Cc1cncn1Cc1ccc(C#N)cc1)CC2. The maximum atomic E-state index is 9.01. The zero-order chi connectivity index (χ0) is 21.9. The molecular weight excluding hydrogens is 392 g/mol. The largest absolute Gasteiger partial charge is 0.329 e. The van der Waals surface area contributed by atoms with E-state index in [2.05, 4.69) is 69.9 Å². The highest BCUT2D eigenvalue weighted by Crippen LogP contribution is 2.29. The van der Waals surface area contributed by atoms with Crippen LogP contribution in [-0.2, 0) is 26.1 Å². The molecule has 0 unspecified atom stereocenters. The van der Waals surface area contributed by atoms with Crippen molar-refractivity contribution in [3.8, 4) is 17.2 Å². The van der Waals surface area contributed by atoms with E-state index in [0.29, 0.717) is 5.56 Å². The first-order chi connectivity index (χ1) is 15.7. The fourth-order valence-corrected chi connectivity index (χ4v) is 4.55. The second-order valence-electron chi connectivity index (χ2n) is 8.58. The number of aryl methyl sites for hydroxylation is 1. The first kappa shape index (κ1) is 20.2. The molecule has 0 bridgehead atoms. The number of hydrogen-bond acceptors (Lipinski definition) is 3. The molecule has 0 fully saturated rings. The van der Waals surface area contributed by atoms with Gasteiger partial charge >= 0.3 is 0 Å². The van der Waals surface area contributed by atoms with Gasteiger partial charge in [-0.25, -0.2) is 4.98 Å². The summed E-state index contributed by atoms with van der Waals surface area (Å²) < 4.78 is 2.21. The number of aromatic nitrogens is 2. The van der Waals surface area contributed by atoms with E-state index in [1.54, 1.807) is 0 Å². The average Bonchev–Trinajstić information content (AvgIpc) is 3.25. The number of nitriles is 1. The van der Waals surface area contributed by atoms with E-state index in [9.17, 15) is 0 Å². The highest BCUT2D eigenvalue weighted by molar-refractivity contribution is 5.68. The first-order valence-corrected chi connectivity index (χ1v) is 11.1. The van der Waals surface area contributed by atoms with Crippen molar-refractivity contribution < 1.29 is 0 Å². The van der Waals surface area contributed by atoms with Crippen molar-refractivity contribution >= 4 is 0 Å². The van der Waals surface area contributed by atoms with Crippen LogP contribution in [0.1, 0.15) is 33.5 Å². The number of hydrogen-bond donors (Lipinski definition) is 0. The smallest absolute Gasteiger partial charge is 0.0991 e. The van der Waals surface area contributed by atoms with Crippen LogP contribution in [0.3, 0.4) is 0 Å². The maximum absolute atomic E-state index is 9.01. The topological polar surface area (TPSA) is 44.9 Å². The molecule has 0 saturated heterocycles. The number of benzene rings is 3. The van der Waals surface area contributed by atoms with Crippen LogP contribution in [0.25, 0.3) is 11.1 Å². The highest BCUT2D eigenvalue weighted by atomic mass is 15.2. The van der Waals surface area contributed by atoms with Crippen molar-refractivity contribution in [1.82, 2.24) is 14.5 Å². The molecule has 1 aliphatic rings. The standard InChI is InChI=1S/C28H26N4/c1-21-4-2-3-5-28(21)25-11-10-24-12-13-31(18-26(24)14-25)19-27-16-30-20-32(27)17-23-8-6-22(15-29)7-9-23/h2-11,14,16,20H,12-13,17-19H2,1H3. The Labute approximate surface area is 189 Å². The summed E-state index contributed by atoms with van der Waals surface area (Å²) in [7, 11) is 0. The van der Waals surface area contributed by atoms with Gasteiger partial charge in [0.15, 0.2) is 0 Å². The Bertz CT molecular complexity index is 1280. The molecule has 0 saturated carbocycles. The molecule has 4 heteroatoms. The van der Waals surface area contributed by atoms with Crippen LogP contribution in [0.2, 0.25) is 0 Å². The molecule has 0 radical (unpaired) electrons. The van der Waals surface area contributed by atoms with Gasteiger partial charge in [-0.1, -0.05) is 48.5 Å². The van der Waals surface area contributed by atoms with Crippen LogP contribution in [0, 0.1) is 18.3 Å². The molecule has 4 nitrogen and oxygen atoms in total. The van der Waals surface area contributed by atoms with Crippen LogP contribution in [0.15, 0.2) is 79.3 Å². The number of nitrogens with zero attached hydrogens (tertiary/aromatic N) is 4. The van der Waals surface area contributed by atoms with Gasteiger partial charge in [-0.15, -0.1) is 0 Å². The minimum Gasteiger partial charge on any atom is -0.329 e. The van der Waals surface area contributed by atoms with Gasteiger partial charge in [-0.2, -0.15) is 5.26 Å². The van der Waals surface area contributed by atoms with Gasteiger partial charge in [-0.05, 0) is 64.9 Å². The summed E-state index contributed by atoms with van der Waals surface area (Å²) in [5, 5.41) is 9.01. The molecule has 32 heavy (non-hydrogen) atoms. The Morgan fingerprint density at radius 1 is 0.969 bits per heavy atom. The summed E-state index contributed by atoms with van der Waals surface area (Å²) in [6.45, 7) is 5.83. The van der Waals surface area contributed by atoms with Crippen molar-refractivity contribution in [3.63, 3.8) is 0 Å². The summed E-state index contributed by atoms with van der Waals surface area (Å²) >= 11 is 0. The fraction of sp³-hybridized carbons (Fsp3) is 0.214. The molecule has 0 amide bonds. The van der Waals surface area contributed by atoms with E-state index in [4.69, 9.17) is 5.26 Å². The lowest BCUT2D eigenvalue weighted by atomic mass is 9.93. The minimum absolute atomic E-state index is 0.691. The lowest BCUT2D eigenvalue weighted by molar-refractivity contribution is 0.240. The predicted molar refractivity (Wildman–Crippen MR) is 127 cm³/mol. The van der Waals surface area contributed by atoms with Crippen molar-refractivity contribution in [1.29, 1.82) is 5.26 Å². The average molecular weight is 419 g/mol. The predicted octanol–water partition coefficient (Wildman–Crippen LogP) is 5.34. The number of rotatable bonds is 5. The summed E-state index contributed by atoms with van der Waals surface area (Å²) in [6.07, 6.45) is 4.96. The van der Waals surface area contributed by atoms with E-state index in [1.165, 1.54) is 39.1 Å². The molecule has 0 atom stereocenters. The van der Waals surface area contributed by atoms with Gasteiger partial charge in [0.05, 0.1) is 23.7 Å². The van der Waals surface area contributed by atoms with Crippen LogP contribution in [0.5, 0.6) is 0 Å². The van der Waals surface area contributed by atoms with Crippen LogP contribution >= 0.6 is 0 Å². The number of fused-ring (bicyclic) bond motifs is 1. The van der Waals surface area contributed by atoms with Gasteiger partial charge in [0, 0.05) is 32.4 Å². The van der Waals surface area contributed by atoms with Crippen molar-refractivity contribution in [2.24, 2.45) is 0 Å². The van der Waals surface area contributed by atoms with Crippen molar-refractivity contribution in [3.05, 3.63) is 113 Å². The normalized spacial score (nSPS) is 13.5. The molecule has 4 aromatic rings. The zero-order valence-corrected chi connectivity index (χ0v) is 18.3. The van der Waals surface area contributed by atoms with Gasteiger partial charge in [-0.3, -0.25) is 4.90 Å². The van der Waals surface area contributed by atoms with Crippen molar-refractivity contribution in [2.45, 2.75) is 33.0 Å². The Kier molecular flexibility index (Phi) is 5.58. The Morgan fingerprint density at radius 3 is 2.62 bits per heavy atom. The Hall–Kier alpha value is -3.68. The molecule has 2 heterocycles. The zero-order valence-electron chi connectivity index (χ0n) is 18.3. The van der Waals surface area contributed by atoms with Gasteiger partial charge < -0.3 is 4.57 Å². The molecule has 1 aliphatic heterocycles. The maximum Gasteiger partial charge on any atom is 0.0991 e. The summed E-state index contributed by atoms with van der Waals surface area (Å²) in [5.41, 5.74) is 9.90. The third-order valence-corrected chi connectivity index (χ3v) is 6.37. The van der Waals surface area contributed by atoms with E-state index in [0.717, 1.165) is 32.6 Å². The van der Waals surface area contributed by atoms with E-state index in [-0.39, 0.29) is 0 Å².